The quantitative estimate of drug-likeness (QED) is 0.845. The van der Waals surface area contributed by atoms with Crippen LogP contribution < -0.4 is 5.32 Å². The van der Waals surface area contributed by atoms with E-state index in [9.17, 15) is 0 Å². The summed E-state index contributed by atoms with van der Waals surface area (Å²) in [5.41, 5.74) is 2.11. The van der Waals surface area contributed by atoms with Crippen LogP contribution in [0.4, 0.5) is 5.69 Å². The Hall–Kier alpha value is -0.850. The van der Waals surface area contributed by atoms with Gasteiger partial charge in [0.05, 0.1) is 19.3 Å². The molecule has 6 heteroatoms. The van der Waals surface area contributed by atoms with Crippen molar-refractivity contribution in [2.45, 2.75) is 13.1 Å². The van der Waals surface area contributed by atoms with Crippen LogP contribution in [0.3, 0.4) is 0 Å². The van der Waals surface area contributed by atoms with E-state index in [2.05, 4.69) is 42.3 Å². The predicted octanol–water partition coefficient (Wildman–Crippen LogP) is 3.01. The summed E-state index contributed by atoms with van der Waals surface area (Å²) in [6.45, 7) is 1.33. The Morgan fingerprint density at radius 1 is 1.33 bits per heavy atom. The van der Waals surface area contributed by atoms with Crippen molar-refractivity contribution in [3.05, 3.63) is 45.1 Å². The molecule has 2 rings (SSSR count). The third kappa shape index (κ3) is 3.57. The van der Waals surface area contributed by atoms with Gasteiger partial charge in [-0.15, -0.1) is 0 Å². The summed E-state index contributed by atoms with van der Waals surface area (Å²) in [4.78, 5) is 0. The number of hydrogen-bond donors (Lipinski definition) is 2. The molecule has 0 saturated heterocycles. The molecule has 0 unspecified atom stereocenters. The molecule has 0 bridgehead atoms. The van der Waals surface area contributed by atoms with E-state index in [1.807, 2.05) is 24.4 Å². The first-order valence-corrected chi connectivity index (χ1v) is 7.09. The highest BCUT2D eigenvalue weighted by Crippen LogP contribution is 2.26. The van der Waals surface area contributed by atoms with Gasteiger partial charge in [-0.2, -0.15) is 5.10 Å². The fraction of sp³-hybridized carbons (Fsp3) is 0.250. The van der Waals surface area contributed by atoms with Crippen molar-refractivity contribution in [1.29, 1.82) is 0 Å². The van der Waals surface area contributed by atoms with Gasteiger partial charge < -0.3 is 10.4 Å². The van der Waals surface area contributed by atoms with Gasteiger partial charge in [0.15, 0.2) is 0 Å². The molecule has 4 nitrogen and oxygen atoms in total. The van der Waals surface area contributed by atoms with Gasteiger partial charge in [0.25, 0.3) is 0 Å². The van der Waals surface area contributed by atoms with Crippen LogP contribution in [-0.4, -0.2) is 21.5 Å². The number of hydrogen-bond acceptors (Lipinski definition) is 3. The SMILES string of the molecule is OCCn1cc(CNc2cc(Br)ccc2Br)cn1. The Morgan fingerprint density at radius 3 is 2.94 bits per heavy atom. The van der Waals surface area contributed by atoms with Crippen LogP contribution in [-0.2, 0) is 13.1 Å². The van der Waals surface area contributed by atoms with Crippen LogP contribution in [0.1, 0.15) is 5.56 Å². The van der Waals surface area contributed by atoms with E-state index in [0.29, 0.717) is 13.1 Å². The zero-order chi connectivity index (χ0) is 13.0. The van der Waals surface area contributed by atoms with E-state index in [-0.39, 0.29) is 6.61 Å². The first kappa shape index (κ1) is 13.6. The molecule has 1 aromatic heterocycles. The molecular formula is C12H13Br2N3O. The summed E-state index contributed by atoms with van der Waals surface area (Å²) in [7, 11) is 0. The Kier molecular flexibility index (Phi) is 4.79. The van der Waals surface area contributed by atoms with Gasteiger partial charge >= 0.3 is 0 Å². The fourth-order valence-corrected chi connectivity index (χ4v) is 2.30. The topological polar surface area (TPSA) is 50.1 Å². The molecule has 2 aromatic rings. The van der Waals surface area contributed by atoms with E-state index >= 15 is 0 Å². The average molecular weight is 375 g/mol. The molecule has 0 spiro atoms. The van der Waals surface area contributed by atoms with Crippen molar-refractivity contribution in [2.75, 3.05) is 11.9 Å². The largest absolute Gasteiger partial charge is 0.394 e. The molecule has 0 radical (unpaired) electrons. The molecule has 96 valence electrons. The van der Waals surface area contributed by atoms with Gasteiger partial charge in [0.2, 0.25) is 0 Å². The summed E-state index contributed by atoms with van der Waals surface area (Å²) in [6, 6.07) is 5.98. The Balaban J connectivity index is 1.99. The predicted molar refractivity (Wildman–Crippen MR) is 78.5 cm³/mol. The summed E-state index contributed by atoms with van der Waals surface area (Å²) < 4.78 is 3.78. The van der Waals surface area contributed by atoms with E-state index in [4.69, 9.17) is 5.11 Å². The molecule has 0 saturated carbocycles. The average Bonchev–Trinajstić information content (AvgIpc) is 2.79. The summed E-state index contributed by atoms with van der Waals surface area (Å²) >= 11 is 6.94. The van der Waals surface area contributed by atoms with Gasteiger partial charge in [0, 0.05) is 32.9 Å². The Labute approximate surface area is 122 Å². The van der Waals surface area contributed by atoms with E-state index in [0.717, 1.165) is 20.2 Å². The molecule has 0 atom stereocenters. The Morgan fingerprint density at radius 2 is 2.17 bits per heavy atom. The minimum Gasteiger partial charge on any atom is -0.394 e. The normalized spacial score (nSPS) is 10.6. The van der Waals surface area contributed by atoms with E-state index in [1.165, 1.54) is 0 Å². The van der Waals surface area contributed by atoms with Gasteiger partial charge in [0.1, 0.15) is 0 Å². The maximum Gasteiger partial charge on any atom is 0.0640 e. The number of aliphatic hydroxyl groups is 1. The second-order valence-corrected chi connectivity index (χ2v) is 5.58. The van der Waals surface area contributed by atoms with Gasteiger partial charge in [-0.25, -0.2) is 0 Å². The second kappa shape index (κ2) is 6.36. The lowest BCUT2D eigenvalue weighted by Crippen LogP contribution is -2.02. The van der Waals surface area contributed by atoms with E-state index < -0.39 is 0 Å². The van der Waals surface area contributed by atoms with Crippen LogP contribution in [0.25, 0.3) is 0 Å². The second-order valence-electron chi connectivity index (χ2n) is 3.81. The third-order valence-electron chi connectivity index (χ3n) is 2.43. The van der Waals surface area contributed by atoms with Crippen molar-refractivity contribution in [2.24, 2.45) is 0 Å². The lowest BCUT2D eigenvalue weighted by atomic mass is 10.3. The van der Waals surface area contributed by atoms with Crippen LogP contribution in [0.2, 0.25) is 0 Å². The maximum absolute atomic E-state index is 8.82. The highest BCUT2D eigenvalue weighted by molar-refractivity contribution is 9.11. The van der Waals surface area contributed by atoms with Crippen molar-refractivity contribution >= 4 is 37.5 Å². The third-order valence-corrected chi connectivity index (χ3v) is 3.61. The highest BCUT2D eigenvalue weighted by atomic mass is 79.9. The summed E-state index contributed by atoms with van der Waals surface area (Å²) in [5, 5.41) is 16.3. The number of anilines is 1. The summed E-state index contributed by atoms with van der Waals surface area (Å²) in [5.74, 6) is 0. The van der Waals surface area contributed by atoms with Crippen LogP contribution in [0.5, 0.6) is 0 Å². The van der Waals surface area contributed by atoms with Crippen LogP contribution in [0.15, 0.2) is 39.5 Å². The van der Waals surface area contributed by atoms with Gasteiger partial charge in [-0.3, -0.25) is 4.68 Å². The molecule has 0 aliphatic rings. The first-order valence-electron chi connectivity index (χ1n) is 5.50. The number of rotatable bonds is 5. The van der Waals surface area contributed by atoms with Crippen LogP contribution in [0, 0.1) is 0 Å². The molecule has 2 N–H and O–H groups in total. The molecule has 0 fully saturated rings. The number of nitrogens with zero attached hydrogens (tertiary/aromatic N) is 2. The van der Waals surface area contributed by atoms with Crippen molar-refractivity contribution < 1.29 is 5.11 Å². The Bertz CT molecular complexity index is 528. The fourth-order valence-electron chi connectivity index (χ4n) is 1.55. The maximum atomic E-state index is 8.82. The lowest BCUT2D eigenvalue weighted by molar-refractivity contribution is 0.269. The minimum absolute atomic E-state index is 0.103. The van der Waals surface area contributed by atoms with Gasteiger partial charge in [-0.1, -0.05) is 15.9 Å². The molecule has 1 heterocycles. The minimum atomic E-state index is 0.103. The first-order chi connectivity index (χ1) is 8.69. The van der Waals surface area contributed by atoms with Gasteiger partial charge in [-0.05, 0) is 34.1 Å². The zero-order valence-corrected chi connectivity index (χ0v) is 12.8. The smallest absolute Gasteiger partial charge is 0.0640 e. The number of benzene rings is 1. The number of aliphatic hydroxyl groups excluding tert-OH is 1. The van der Waals surface area contributed by atoms with E-state index in [1.54, 1.807) is 10.9 Å². The zero-order valence-electron chi connectivity index (χ0n) is 9.61. The van der Waals surface area contributed by atoms with Crippen molar-refractivity contribution in [3.63, 3.8) is 0 Å². The highest BCUT2D eigenvalue weighted by Gasteiger charge is 2.02. The number of nitrogens with one attached hydrogen (secondary N) is 1. The molecule has 0 amide bonds. The molecule has 1 aromatic carbocycles. The number of halogens is 2. The van der Waals surface area contributed by atoms with Crippen LogP contribution >= 0.6 is 31.9 Å². The standard InChI is InChI=1S/C12H13Br2N3O/c13-10-1-2-11(14)12(5-10)15-6-9-7-16-17(8-9)3-4-18/h1-2,5,7-8,15,18H,3-4,6H2. The molecular weight excluding hydrogens is 362 g/mol. The molecule has 18 heavy (non-hydrogen) atoms. The monoisotopic (exact) mass is 373 g/mol. The molecule has 0 aliphatic carbocycles. The van der Waals surface area contributed by atoms with Crippen molar-refractivity contribution in [3.8, 4) is 0 Å². The summed E-state index contributed by atoms with van der Waals surface area (Å²) in [6.07, 6.45) is 3.73. The van der Waals surface area contributed by atoms with Crippen molar-refractivity contribution in [1.82, 2.24) is 9.78 Å². The molecule has 0 aliphatic heterocycles. The number of aromatic nitrogens is 2. The lowest BCUT2D eigenvalue weighted by Gasteiger charge is -2.07.